The van der Waals surface area contributed by atoms with Crippen LogP contribution in [-0.4, -0.2) is 35.9 Å². The summed E-state index contributed by atoms with van der Waals surface area (Å²) >= 11 is 0. The van der Waals surface area contributed by atoms with Crippen molar-refractivity contribution in [3.63, 3.8) is 0 Å². The average molecular weight is 429 g/mol. The quantitative estimate of drug-likeness (QED) is 0.728. The van der Waals surface area contributed by atoms with Crippen molar-refractivity contribution in [2.45, 2.75) is 57.2 Å². The Labute approximate surface area is 169 Å². The molecule has 0 aliphatic heterocycles. The minimum atomic E-state index is -3.35. The number of hydrogen-bond donors (Lipinski definition) is 2. The van der Waals surface area contributed by atoms with Crippen LogP contribution >= 0.6 is 0 Å². The molecule has 10 heteroatoms. The second-order valence-corrected chi connectivity index (χ2v) is 10.9. The summed E-state index contributed by atoms with van der Waals surface area (Å²) in [5.74, 6) is -1.39. The summed E-state index contributed by atoms with van der Waals surface area (Å²) in [6.45, 7) is 5.43. The van der Waals surface area contributed by atoms with Crippen LogP contribution in [0.5, 0.6) is 0 Å². The van der Waals surface area contributed by atoms with E-state index in [1.165, 1.54) is 6.07 Å². The Bertz CT molecular complexity index is 928. The Morgan fingerprint density at radius 3 is 2.34 bits per heavy atom. The summed E-state index contributed by atoms with van der Waals surface area (Å²) in [5, 5.41) is 6.77. The van der Waals surface area contributed by atoms with Gasteiger partial charge in [-0.2, -0.15) is 4.98 Å². The molecule has 1 aliphatic rings. The highest BCUT2D eigenvalue weighted by Gasteiger charge is 2.30. The fraction of sp³-hybridized carbons (Fsp3) is 0.579. The zero-order chi connectivity index (χ0) is 21.2. The molecule has 2 aromatic rings. The van der Waals surface area contributed by atoms with Crippen LogP contribution in [0.2, 0.25) is 0 Å². The van der Waals surface area contributed by atoms with Gasteiger partial charge in [0.25, 0.3) is 0 Å². The number of nitrogens with one attached hydrogen (secondary N) is 2. The van der Waals surface area contributed by atoms with E-state index in [0.717, 1.165) is 37.8 Å². The maximum absolute atomic E-state index is 13.8. The minimum Gasteiger partial charge on any atom is -0.335 e. The maximum atomic E-state index is 13.8. The van der Waals surface area contributed by atoms with Crippen molar-refractivity contribution in [2.24, 2.45) is 5.92 Å². The van der Waals surface area contributed by atoms with Gasteiger partial charge in [-0.05, 0) is 64.5 Å². The first kappa shape index (κ1) is 21.6. The lowest BCUT2D eigenvalue weighted by Gasteiger charge is -2.29. The van der Waals surface area contributed by atoms with Crippen molar-refractivity contribution in [3.8, 4) is 11.4 Å². The van der Waals surface area contributed by atoms with E-state index in [4.69, 9.17) is 4.52 Å². The van der Waals surface area contributed by atoms with Gasteiger partial charge < -0.3 is 9.84 Å². The fourth-order valence-electron chi connectivity index (χ4n) is 3.22. The first-order valence-corrected chi connectivity index (χ1v) is 11.1. The average Bonchev–Trinajstić information content (AvgIpc) is 3.08. The number of aromatic nitrogens is 2. The molecule has 1 aromatic carbocycles. The van der Waals surface area contributed by atoms with Crippen molar-refractivity contribution in [1.29, 1.82) is 0 Å². The van der Waals surface area contributed by atoms with Gasteiger partial charge in [-0.3, -0.25) is 0 Å². The Balaban J connectivity index is 1.52. The minimum absolute atomic E-state index is 0.0734. The van der Waals surface area contributed by atoms with Gasteiger partial charge in [-0.1, -0.05) is 11.2 Å². The highest BCUT2D eigenvalue weighted by atomic mass is 32.2. The highest BCUT2D eigenvalue weighted by Crippen LogP contribution is 2.28. The topological polar surface area (TPSA) is 97.1 Å². The number of hydrogen-bond acceptors (Lipinski definition) is 6. The highest BCUT2D eigenvalue weighted by molar-refractivity contribution is 7.90. The molecule has 7 nitrogen and oxygen atoms in total. The Kier molecular flexibility index (Phi) is 6.23. The Morgan fingerprint density at radius 1 is 1.14 bits per heavy atom. The van der Waals surface area contributed by atoms with Crippen LogP contribution in [0.1, 0.15) is 46.5 Å². The van der Waals surface area contributed by atoms with Crippen molar-refractivity contribution in [1.82, 2.24) is 14.9 Å². The zero-order valence-electron chi connectivity index (χ0n) is 16.7. The summed E-state index contributed by atoms with van der Waals surface area (Å²) in [4.78, 5) is 4.05. The Hall–Kier alpha value is -2.07. The Morgan fingerprint density at radius 2 is 1.76 bits per heavy atom. The standard InChI is InChI=1S/C19H26F2N4O3S/c1-19(2,3)29(26,27)22-11-12-7-9-13(10-8-12)23-18-24-17(25-28-18)16-14(20)5-4-6-15(16)21/h4-6,12-13,22H,7-11H2,1-3H3,(H,23,24,25)/t12-,13-. The molecule has 1 aliphatic carbocycles. The van der Waals surface area contributed by atoms with Crippen LogP contribution in [0.15, 0.2) is 22.7 Å². The molecule has 1 heterocycles. The van der Waals surface area contributed by atoms with E-state index >= 15 is 0 Å². The number of rotatable bonds is 6. The van der Waals surface area contributed by atoms with E-state index in [1.807, 2.05) is 0 Å². The molecule has 1 saturated carbocycles. The number of anilines is 1. The van der Waals surface area contributed by atoms with Crippen LogP contribution in [0.3, 0.4) is 0 Å². The predicted molar refractivity (Wildman–Crippen MR) is 106 cm³/mol. The first-order chi connectivity index (χ1) is 13.6. The normalized spacial score (nSPS) is 20.6. The van der Waals surface area contributed by atoms with E-state index in [0.29, 0.717) is 6.54 Å². The van der Waals surface area contributed by atoms with Gasteiger partial charge in [0.15, 0.2) is 0 Å². The molecule has 29 heavy (non-hydrogen) atoms. The molecular weight excluding hydrogens is 402 g/mol. The molecule has 1 aromatic heterocycles. The van der Waals surface area contributed by atoms with Crippen molar-refractivity contribution in [2.75, 3.05) is 11.9 Å². The molecular formula is C19H26F2N4O3S. The molecule has 160 valence electrons. The molecule has 0 atom stereocenters. The smallest absolute Gasteiger partial charge is 0.322 e. The zero-order valence-corrected chi connectivity index (χ0v) is 17.5. The molecule has 2 N–H and O–H groups in total. The van der Waals surface area contributed by atoms with Crippen LogP contribution < -0.4 is 10.0 Å². The second kappa shape index (κ2) is 8.35. The van der Waals surface area contributed by atoms with Crippen molar-refractivity contribution >= 4 is 16.0 Å². The molecule has 0 amide bonds. The number of halogens is 2. The predicted octanol–water partition coefficient (Wildman–Crippen LogP) is 3.70. The molecule has 0 unspecified atom stereocenters. The molecule has 0 saturated heterocycles. The van der Waals surface area contributed by atoms with Gasteiger partial charge in [0.05, 0.1) is 10.3 Å². The summed E-state index contributed by atoms with van der Waals surface area (Å²) < 4.78 is 59.0. The first-order valence-electron chi connectivity index (χ1n) is 9.60. The van der Waals surface area contributed by atoms with Gasteiger partial charge in [0.1, 0.15) is 11.6 Å². The lowest BCUT2D eigenvalue weighted by Crippen LogP contribution is -2.42. The lowest BCUT2D eigenvalue weighted by atomic mass is 9.86. The van der Waals surface area contributed by atoms with Gasteiger partial charge in [0, 0.05) is 12.6 Å². The molecule has 1 fully saturated rings. The van der Waals surface area contributed by atoms with E-state index in [2.05, 4.69) is 20.2 Å². The summed E-state index contributed by atoms with van der Waals surface area (Å²) in [5.41, 5.74) is -0.320. The molecule has 0 spiro atoms. The van der Waals surface area contributed by atoms with Crippen LogP contribution in [0.25, 0.3) is 11.4 Å². The van der Waals surface area contributed by atoms with E-state index in [1.54, 1.807) is 20.8 Å². The number of nitrogens with zero attached hydrogens (tertiary/aromatic N) is 2. The van der Waals surface area contributed by atoms with Crippen molar-refractivity contribution < 1.29 is 21.7 Å². The maximum Gasteiger partial charge on any atom is 0.322 e. The summed E-state index contributed by atoms with van der Waals surface area (Å²) in [6, 6.07) is 3.73. The lowest BCUT2D eigenvalue weighted by molar-refractivity contribution is 0.329. The van der Waals surface area contributed by atoms with Gasteiger partial charge >= 0.3 is 6.01 Å². The van der Waals surface area contributed by atoms with E-state index in [9.17, 15) is 17.2 Å². The third-order valence-electron chi connectivity index (χ3n) is 5.15. The SMILES string of the molecule is CC(C)(C)S(=O)(=O)NC[C@H]1CC[C@H](Nc2nc(-c3c(F)cccc3F)no2)CC1. The monoisotopic (exact) mass is 428 g/mol. The second-order valence-electron chi connectivity index (χ2n) is 8.35. The largest absolute Gasteiger partial charge is 0.335 e. The molecule has 0 bridgehead atoms. The van der Waals surface area contributed by atoms with Crippen LogP contribution in [0.4, 0.5) is 14.8 Å². The van der Waals surface area contributed by atoms with Gasteiger partial charge in [-0.25, -0.2) is 21.9 Å². The van der Waals surface area contributed by atoms with Crippen LogP contribution in [-0.2, 0) is 10.0 Å². The van der Waals surface area contributed by atoms with Gasteiger partial charge in [0.2, 0.25) is 15.8 Å². The van der Waals surface area contributed by atoms with Crippen LogP contribution in [0, 0.1) is 17.6 Å². The summed E-state index contributed by atoms with van der Waals surface area (Å²) in [6.07, 6.45) is 3.28. The molecule has 0 radical (unpaired) electrons. The summed E-state index contributed by atoms with van der Waals surface area (Å²) in [7, 11) is -3.35. The number of sulfonamides is 1. The van der Waals surface area contributed by atoms with E-state index < -0.39 is 26.4 Å². The number of benzene rings is 1. The third-order valence-corrected chi connectivity index (χ3v) is 7.31. The third kappa shape index (κ3) is 5.11. The van der Waals surface area contributed by atoms with Crippen molar-refractivity contribution in [3.05, 3.63) is 29.8 Å². The van der Waals surface area contributed by atoms with E-state index in [-0.39, 0.29) is 29.4 Å². The van der Waals surface area contributed by atoms with Gasteiger partial charge in [-0.15, -0.1) is 0 Å². The molecule has 3 rings (SSSR count). The fourth-order valence-corrected chi connectivity index (χ4v) is 4.11.